The number of carbonyl (C=O) groups is 1. The highest BCUT2D eigenvalue weighted by atomic mass is 16.3. The van der Waals surface area contributed by atoms with Gasteiger partial charge in [0.1, 0.15) is 5.76 Å². The Hall–Kier alpha value is -2.75. The highest BCUT2D eigenvalue weighted by Gasteiger charge is 2.24. The molecule has 0 aliphatic carbocycles. The average Bonchev–Trinajstić information content (AvgIpc) is 3.42. The Morgan fingerprint density at radius 3 is 2.53 bits per heavy atom. The molecule has 30 heavy (non-hydrogen) atoms. The molecule has 2 heterocycles. The number of amides is 1. The smallest absolute Gasteiger partial charge is 0.226 e. The van der Waals surface area contributed by atoms with Crippen LogP contribution in [0.25, 0.3) is 0 Å². The van der Waals surface area contributed by atoms with Crippen molar-refractivity contribution in [1.29, 1.82) is 0 Å². The number of aromatic nitrogens is 1. The quantitative estimate of drug-likeness (QED) is 0.381. The predicted molar refractivity (Wildman–Crippen MR) is 121 cm³/mol. The minimum Gasteiger partial charge on any atom is -0.467 e. The summed E-state index contributed by atoms with van der Waals surface area (Å²) in [5, 5.41) is 0. The van der Waals surface area contributed by atoms with E-state index in [2.05, 4.69) is 67.9 Å². The van der Waals surface area contributed by atoms with Gasteiger partial charge in [-0.3, -0.25) is 4.79 Å². The van der Waals surface area contributed by atoms with Crippen LogP contribution in [0.4, 0.5) is 0 Å². The fourth-order valence-corrected chi connectivity index (χ4v) is 3.85. The lowest BCUT2D eigenvalue weighted by molar-refractivity contribution is -0.137. The summed E-state index contributed by atoms with van der Waals surface area (Å²) in [6.45, 7) is 8.29. The van der Waals surface area contributed by atoms with Crippen LogP contribution in [-0.2, 0) is 24.4 Å². The molecule has 1 amide bonds. The lowest BCUT2D eigenvalue weighted by Crippen LogP contribution is -2.35. The van der Waals surface area contributed by atoms with Crippen LogP contribution in [0.5, 0.6) is 0 Å². The molecule has 0 fully saturated rings. The van der Waals surface area contributed by atoms with Gasteiger partial charge >= 0.3 is 0 Å². The van der Waals surface area contributed by atoms with Crippen molar-refractivity contribution < 1.29 is 9.21 Å². The Morgan fingerprint density at radius 2 is 1.87 bits per heavy atom. The highest BCUT2D eigenvalue weighted by molar-refractivity contribution is 5.78. The average molecular weight is 407 g/mol. The van der Waals surface area contributed by atoms with Gasteiger partial charge in [-0.2, -0.15) is 0 Å². The second kappa shape index (κ2) is 10.9. The van der Waals surface area contributed by atoms with Crippen LogP contribution in [0.3, 0.4) is 0 Å². The normalized spacial score (nSPS) is 12.1. The molecule has 0 aliphatic rings. The van der Waals surface area contributed by atoms with Crippen LogP contribution in [0.15, 0.2) is 65.4 Å². The summed E-state index contributed by atoms with van der Waals surface area (Å²) >= 11 is 0. The van der Waals surface area contributed by atoms with E-state index in [-0.39, 0.29) is 11.8 Å². The monoisotopic (exact) mass is 406 g/mol. The zero-order valence-corrected chi connectivity index (χ0v) is 18.5. The van der Waals surface area contributed by atoms with Crippen molar-refractivity contribution in [3.05, 3.63) is 83.6 Å². The number of furan rings is 1. The summed E-state index contributed by atoms with van der Waals surface area (Å²) in [5.41, 5.74) is 3.66. The molecule has 1 unspecified atom stereocenters. The molecule has 1 aromatic carbocycles. The molecule has 4 nitrogen and oxygen atoms in total. The number of aryl methyl sites for hydroxylation is 1. The molecular weight excluding hydrogens is 372 g/mol. The van der Waals surface area contributed by atoms with Crippen LogP contribution in [0.2, 0.25) is 0 Å². The van der Waals surface area contributed by atoms with Gasteiger partial charge < -0.3 is 13.9 Å². The molecule has 0 spiro atoms. The standard InChI is InChI=1S/C26H34N2O2/c1-4-6-9-23(5-2)26(29)28(20-25-11-8-17-30-25)19-24-10-7-16-27(24)18-22-14-12-21(3)13-15-22/h7-8,10-17,23H,4-6,9,18-20H2,1-3H3. The first-order valence-corrected chi connectivity index (χ1v) is 11.1. The first-order valence-electron chi connectivity index (χ1n) is 11.1. The molecule has 4 heteroatoms. The van der Waals surface area contributed by atoms with E-state index in [9.17, 15) is 4.79 Å². The second-order valence-electron chi connectivity index (χ2n) is 8.13. The molecule has 0 saturated heterocycles. The van der Waals surface area contributed by atoms with Crippen LogP contribution in [-0.4, -0.2) is 15.4 Å². The maximum atomic E-state index is 13.4. The summed E-state index contributed by atoms with van der Waals surface area (Å²) in [4.78, 5) is 15.4. The number of unbranched alkanes of at least 4 members (excludes halogenated alkanes) is 1. The summed E-state index contributed by atoms with van der Waals surface area (Å²) in [6.07, 6.45) is 7.79. The molecular formula is C26H34N2O2. The van der Waals surface area contributed by atoms with E-state index in [1.54, 1.807) is 6.26 Å². The van der Waals surface area contributed by atoms with Crippen molar-refractivity contribution in [2.75, 3.05) is 0 Å². The number of rotatable bonds is 11. The molecule has 0 bridgehead atoms. The van der Waals surface area contributed by atoms with E-state index >= 15 is 0 Å². The lowest BCUT2D eigenvalue weighted by Gasteiger charge is -2.27. The Kier molecular flexibility index (Phi) is 7.95. The first kappa shape index (κ1) is 21.9. The number of benzene rings is 1. The van der Waals surface area contributed by atoms with Gasteiger partial charge in [-0.25, -0.2) is 0 Å². The zero-order valence-electron chi connectivity index (χ0n) is 18.5. The van der Waals surface area contributed by atoms with Crippen LogP contribution in [0, 0.1) is 12.8 Å². The van der Waals surface area contributed by atoms with Crippen molar-refractivity contribution in [3.8, 4) is 0 Å². The number of carbonyl (C=O) groups excluding carboxylic acids is 1. The predicted octanol–water partition coefficient (Wildman–Crippen LogP) is 6.18. The van der Waals surface area contributed by atoms with E-state index < -0.39 is 0 Å². The topological polar surface area (TPSA) is 38.4 Å². The largest absolute Gasteiger partial charge is 0.467 e. The van der Waals surface area contributed by atoms with E-state index in [0.29, 0.717) is 13.1 Å². The van der Waals surface area contributed by atoms with Crippen LogP contribution < -0.4 is 0 Å². The van der Waals surface area contributed by atoms with Crippen molar-refractivity contribution >= 4 is 5.91 Å². The molecule has 1 atom stereocenters. The fourth-order valence-electron chi connectivity index (χ4n) is 3.85. The molecule has 3 aromatic rings. The molecule has 160 valence electrons. The van der Waals surface area contributed by atoms with Crippen molar-refractivity contribution in [2.45, 2.75) is 66.1 Å². The Labute approximate surface area is 180 Å². The molecule has 0 N–H and O–H groups in total. The molecule has 0 saturated carbocycles. The van der Waals surface area contributed by atoms with Gasteiger partial charge in [-0.15, -0.1) is 0 Å². The van der Waals surface area contributed by atoms with Gasteiger partial charge in [0.15, 0.2) is 0 Å². The molecule has 0 radical (unpaired) electrons. The van der Waals surface area contributed by atoms with Crippen LogP contribution in [0.1, 0.15) is 62.1 Å². The Bertz CT molecular complexity index is 894. The number of nitrogens with zero attached hydrogens (tertiary/aromatic N) is 2. The van der Waals surface area contributed by atoms with Gasteiger partial charge in [-0.1, -0.05) is 56.5 Å². The first-order chi connectivity index (χ1) is 14.6. The van der Waals surface area contributed by atoms with Gasteiger partial charge in [0.25, 0.3) is 0 Å². The van der Waals surface area contributed by atoms with E-state index in [0.717, 1.165) is 43.7 Å². The Balaban J connectivity index is 1.78. The van der Waals surface area contributed by atoms with Gasteiger partial charge in [0.2, 0.25) is 5.91 Å². The summed E-state index contributed by atoms with van der Waals surface area (Å²) < 4.78 is 7.80. The van der Waals surface area contributed by atoms with Crippen LogP contribution >= 0.6 is 0 Å². The molecule has 2 aromatic heterocycles. The van der Waals surface area contributed by atoms with Crippen molar-refractivity contribution in [2.24, 2.45) is 5.92 Å². The maximum Gasteiger partial charge on any atom is 0.226 e. The van der Waals surface area contributed by atoms with Crippen molar-refractivity contribution in [3.63, 3.8) is 0 Å². The zero-order chi connectivity index (χ0) is 21.3. The minimum atomic E-state index is 0.0698. The number of hydrogen-bond donors (Lipinski definition) is 0. The summed E-state index contributed by atoms with van der Waals surface area (Å²) in [7, 11) is 0. The lowest BCUT2D eigenvalue weighted by atomic mass is 9.97. The summed E-state index contributed by atoms with van der Waals surface area (Å²) in [5.74, 6) is 1.12. The third-order valence-corrected chi connectivity index (χ3v) is 5.74. The van der Waals surface area contributed by atoms with Crippen molar-refractivity contribution in [1.82, 2.24) is 9.47 Å². The van der Waals surface area contributed by atoms with E-state index in [1.807, 2.05) is 17.0 Å². The Morgan fingerprint density at radius 1 is 1.07 bits per heavy atom. The third-order valence-electron chi connectivity index (χ3n) is 5.74. The fraction of sp³-hybridized carbons (Fsp3) is 0.423. The van der Waals surface area contributed by atoms with Gasteiger partial charge in [-0.05, 0) is 49.6 Å². The van der Waals surface area contributed by atoms with E-state index in [4.69, 9.17) is 4.42 Å². The molecule has 0 aliphatic heterocycles. The highest BCUT2D eigenvalue weighted by Crippen LogP contribution is 2.21. The third kappa shape index (κ3) is 5.88. The van der Waals surface area contributed by atoms with Gasteiger partial charge in [0, 0.05) is 24.4 Å². The SMILES string of the molecule is CCCCC(CC)C(=O)N(Cc1ccco1)Cc1cccn1Cc1ccc(C)cc1. The van der Waals surface area contributed by atoms with E-state index in [1.165, 1.54) is 11.1 Å². The minimum absolute atomic E-state index is 0.0698. The number of hydrogen-bond acceptors (Lipinski definition) is 2. The molecule has 3 rings (SSSR count). The second-order valence-corrected chi connectivity index (χ2v) is 8.13. The maximum absolute atomic E-state index is 13.4. The summed E-state index contributed by atoms with van der Waals surface area (Å²) in [6, 6.07) is 16.6. The van der Waals surface area contributed by atoms with Gasteiger partial charge in [0.05, 0.1) is 19.4 Å².